The van der Waals surface area contributed by atoms with E-state index in [4.69, 9.17) is 5.10 Å². The Morgan fingerprint density at radius 2 is 2.04 bits per heavy atom. The average molecular weight is 322 g/mol. The molecule has 0 aliphatic heterocycles. The SMILES string of the molecule is c1nc(N[C@@H]2CCCc3c2cnn3C2CCCC2)c2cc[nH]c2n1. The van der Waals surface area contributed by atoms with Crippen molar-refractivity contribution in [2.45, 2.75) is 57.0 Å². The molecule has 0 saturated heterocycles. The summed E-state index contributed by atoms with van der Waals surface area (Å²) in [6, 6.07) is 2.93. The van der Waals surface area contributed by atoms with Crippen LogP contribution in [-0.2, 0) is 6.42 Å². The summed E-state index contributed by atoms with van der Waals surface area (Å²) in [7, 11) is 0. The van der Waals surface area contributed by atoms with Crippen molar-refractivity contribution in [3.63, 3.8) is 0 Å². The second-order valence-electron chi connectivity index (χ2n) is 6.98. The van der Waals surface area contributed by atoms with Gasteiger partial charge in [-0.05, 0) is 38.2 Å². The van der Waals surface area contributed by atoms with E-state index >= 15 is 0 Å². The highest BCUT2D eigenvalue weighted by Gasteiger charge is 2.28. The van der Waals surface area contributed by atoms with Gasteiger partial charge in [0.1, 0.15) is 17.8 Å². The standard InChI is InChI=1S/C18H22N6/c1-2-5-12(4-1)24-16-7-3-6-15(14(16)10-22-24)23-18-13-8-9-19-17(13)20-11-21-18/h8-12,15H,1-7H2,(H2,19,20,21,23)/t15-/m1/s1. The van der Waals surface area contributed by atoms with Gasteiger partial charge in [0.15, 0.2) is 0 Å². The molecule has 2 aliphatic carbocycles. The zero-order valence-electron chi connectivity index (χ0n) is 13.7. The second-order valence-corrected chi connectivity index (χ2v) is 6.98. The van der Waals surface area contributed by atoms with E-state index < -0.39 is 0 Å². The number of H-pyrrole nitrogens is 1. The molecule has 0 amide bonds. The Balaban J connectivity index is 1.47. The molecule has 6 nitrogen and oxygen atoms in total. The number of fused-ring (bicyclic) bond motifs is 2. The van der Waals surface area contributed by atoms with E-state index in [1.807, 2.05) is 12.3 Å². The summed E-state index contributed by atoms with van der Waals surface area (Å²) in [6.07, 6.45) is 14.3. The second kappa shape index (κ2) is 5.61. The number of aromatic nitrogens is 5. The number of hydrogen-bond acceptors (Lipinski definition) is 4. The van der Waals surface area contributed by atoms with Crippen molar-refractivity contribution in [2.24, 2.45) is 0 Å². The Morgan fingerprint density at radius 1 is 1.12 bits per heavy atom. The first kappa shape index (κ1) is 14.0. The van der Waals surface area contributed by atoms with Gasteiger partial charge in [-0.2, -0.15) is 5.10 Å². The van der Waals surface area contributed by atoms with Crippen LogP contribution in [0.15, 0.2) is 24.8 Å². The third kappa shape index (κ3) is 2.20. The van der Waals surface area contributed by atoms with E-state index in [-0.39, 0.29) is 6.04 Å². The Morgan fingerprint density at radius 3 is 2.96 bits per heavy atom. The van der Waals surface area contributed by atoms with Crippen molar-refractivity contribution in [1.82, 2.24) is 24.7 Å². The molecule has 24 heavy (non-hydrogen) atoms. The van der Waals surface area contributed by atoms with Crippen molar-refractivity contribution >= 4 is 16.9 Å². The molecule has 1 atom stereocenters. The summed E-state index contributed by atoms with van der Waals surface area (Å²) in [5.74, 6) is 0.910. The molecular formula is C18H22N6. The van der Waals surface area contributed by atoms with Crippen LogP contribution in [0.4, 0.5) is 5.82 Å². The fourth-order valence-electron chi connectivity index (χ4n) is 4.35. The first-order chi connectivity index (χ1) is 11.9. The van der Waals surface area contributed by atoms with Crippen molar-refractivity contribution < 1.29 is 0 Å². The fraction of sp³-hybridized carbons (Fsp3) is 0.500. The number of nitrogens with one attached hydrogen (secondary N) is 2. The van der Waals surface area contributed by atoms with Crippen molar-refractivity contribution in [3.05, 3.63) is 36.0 Å². The van der Waals surface area contributed by atoms with Gasteiger partial charge in [0.05, 0.1) is 23.7 Å². The van der Waals surface area contributed by atoms with Gasteiger partial charge in [-0.3, -0.25) is 4.68 Å². The highest BCUT2D eigenvalue weighted by Crippen LogP contribution is 2.37. The molecule has 0 radical (unpaired) electrons. The summed E-state index contributed by atoms with van der Waals surface area (Å²) in [4.78, 5) is 11.9. The Labute approximate surface area is 140 Å². The molecule has 124 valence electrons. The minimum absolute atomic E-state index is 0.289. The van der Waals surface area contributed by atoms with Gasteiger partial charge in [-0.1, -0.05) is 12.8 Å². The summed E-state index contributed by atoms with van der Waals surface area (Å²) in [5, 5.41) is 9.46. The predicted octanol–water partition coefficient (Wildman–Crippen LogP) is 3.76. The van der Waals surface area contributed by atoms with Crippen LogP contribution in [0, 0.1) is 0 Å². The maximum atomic E-state index is 4.76. The molecule has 3 heterocycles. The zero-order chi connectivity index (χ0) is 15.9. The number of anilines is 1. The molecule has 0 spiro atoms. The minimum atomic E-state index is 0.289. The van der Waals surface area contributed by atoms with E-state index in [9.17, 15) is 0 Å². The lowest BCUT2D eigenvalue weighted by Crippen LogP contribution is -2.20. The van der Waals surface area contributed by atoms with Crippen LogP contribution in [0.1, 0.15) is 61.9 Å². The maximum absolute atomic E-state index is 4.76. The smallest absolute Gasteiger partial charge is 0.142 e. The van der Waals surface area contributed by atoms with Crippen molar-refractivity contribution in [1.29, 1.82) is 0 Å². The Bertz CT molecular complexity index is 857. The van der Waals surface area contributed by atoms with Crippen molar-refractivity contribution in [3.8, 4) is 0 Å². The molecule has 3 aromatic heterocycles. The monoisotopic (exact) mass is 322 g/mol. The van der Waals surface area contributed by atoms with E-state index in [0.717, 1.165) is 29.7 Å². The highest BCUT2D eigenvalue weighted by atomic mass is 15.3. The van der Waals surface area contributed by atoms with E-state index in [1.165, 1.54) is 43.4 Å². The molecule has 1 fully saturated rings. The van der Waals surface area contributed by atoms with E-state index in [1.54, 1.807) is 6.33 Å². The van der Waals surface area contributed by atoms with Crippen molar-refractivity contribution in [2.75, 3.05) is 5.32 Å². The van der Waals surface area contributed by atoms with Crippen LogP contribution in [0.3, 0.4) is 0 Å². The predicted molar refractivity (Wildman–Crippen MR) is 92.9 cm³/mol. The van der Waals surface area contributed by atoms with Gasteiger partial charge < -0.3 is 10.3 Å². The first-order valence-electron chi connectivity index (χ1n) is 9.01. The highest BCUT2D eigenvalue weighted by molar-refractivity contribution is 5.86. The summed E-state index contributed by atoms with van der Waals surface area (Å²) in [6.45, 7) is 0. The quantitative estimate of drug-likeness (QED) is 0.770. The zero-order valence-corrected chi connectivity index (χ0v) is 13.7. The first-order valence-corrected chi connectivity index (χ1v) is 9.01. The van der Waals surface area contributed by atoms with Gasteiger partial charge in [0.2, 0.25) is 0 Å². The molecule has 1 saturated carbocycles. The topological polar surface area (TPSA) is 71.4 Å². The van der Waals surface area contributed by atoms with Gasteiger partial charge in [-0.15, -0.1) is 0 Å². The molecule has 5 rings (SSSR count). The molecule has 2 aliphatic rings. The average Bonchev–Trinajstić information content (AvgIpc) is 3.35. The number of hydrogen-bond donors (Lipinski definition) is 2. The lowest BCUT2D eigenvalue weighted by molar-refractivity contribution is 0.437. The summed E-state index contributed by atoms with van der Waals surface area (Å²) in [5.41, 5.74) is 3.67. The van der Waals surface area contributed by atoms with E-state index in [0.29, 0.717) is 6.04 Å². The minimum Gasteiger partial charge on any atom is -0.362 e. The number of rotatable bonds is 3. The number of aromatic amines is 1. The van der Waals surface area contributed by atoms with E-state index in [2.05, 4.69) is 31.1 Å². The summed E-state index contributed by atoms with van der Waals surface area (Å²) < 4.78 is 2.32. The van der Waals surface area contributed by atoms with Crippen LogP contribution in [-0.4, -0.2) is 24.7 Å². The molecule has 0 aromatic carbocycles. The Kier molecular flexibility index (Phi) is 3.28. The largest absolute Gasteiger partial charge is 0.362 e. The lowest BCUT2D eigenvalue weighted by atomic mass is 9.92. The molecule has 0 bridgehead atoms. The molecule has 2 N–H and O–H groups in total. The van der Waals surface area contributed by atoms with Gasteiger partial charge in [-0.25, -0.2) is 9.97 Å². The third-order valence-corrected chi connectivity index (χ3v) is 5.55. The maximum Gasteiger partial charge on any atom is 0.142 e. The third-order valence-electron chi connectivity index (χ3n) is 5.55. The summed E-state index contributed by atoms with van der Waals surface area (Å²) >= 11 is 0. The lowest BCUT2D eigenvalue weighted by Gasteiger charge is -2.26. The fourth-order valence-corrected chi connectivity index (χ4v) is 4.35. The van der Waals surface area contributed by atoms with Crippen LogP contribution in [0.2, 0.25) is 0 Å². The van der Waals surface area contributed by atoms with Gasteiger partial charge in [0, 0.05) is 17.5 Å². The molecular weight excluding hydrogens is 300 g/mol. The van der Waals surface area contributed by atoms with Crippen LogP contribution in [0.5, 0.6) is 0 Å². The molecule has 6 heteroatoms. The van der Waals surface area contributed by atoms with Crippen LogP contribution in [0.25, 0.3) is 11.0 Å². The molecule has 3 aromatic rings. The van der Waals surface area contributed by atoms with Gasteiger partial charge >= 0.3 is 0 Å². The van der Waals surface area contributed by atoms with Crippen LogP contribution >= 0.6 is 0 Å². The Hall–Kier alpha value is -2.37. The van der Waals surface area contributed by atoms with Gasteiger partial charge in [0.25, 0.3) is 0 Å². The molecule has 0 unspecified atom stereocenters. The number of nitrogens with zero attached hydrogens (tertiary/aromatic N) is 4. The van der Waals surface area contributed by atoms with Crippen LogP contribution < -0.4 is 5.32 Å². The normalized spacial score (nSPS) is 21.2.